The van der Waals surface area contributed by atoms with E-state index in [0.717, 1.165) is 5.56 Å². The number of carbonyl (C=O) groups excluding carboxylic acids is 1. The fourth-order valence-corrected chi connectivity index (χ4v) is 3.92. The number of nitrogens with one attached hydrogen (secondary N) is 2. The van der Waals surface area contributed by atoms with Crippen LogP contribution in [-0.4, -0.2) is 39.0 Å². The van der Waals surface area contributed by atoms with Gasteiger partial charge < -0.3 is 11.1 Å². The van der Waals surface area contributed by atoms with Crippen LogP contribution in [0.2, 0.25) is 0 Å². The minimum absolute atomic E-state index is 0.0105. The molecule has 0 aliphatic carbocycles. The van der Waals surface area contributed by atoms with Gasteiger partial charge in [0.15, 0.2) is 0 Å². The molecule has 0 saturated heterocycles. The first-order chi connectivity index (χ1) is 15.1. The Morgan fingerprint density at radius 3 is 2.31 bits per heavy atom. The molecule has 3 aromatic rings. The molecule has 0 radical (unpaired) electrons. The van der Waals surface area contributed by atoms with Gasteiger partial charge in [0.1, 0.15) is 6.04 Å². The normalized spacial score (nSPS) is 12.4. The monoisotopic (exact) mass is 451 g/mol. The predicted octanol–water partition coefficient (Wildman–Crippen LogP) is 2.57. The highest BCUT2D eigenvalue weighted by Gasteiger charge is 2.23. The van der Waals surface area contributed by atoms with E-state index in [4.69, 9.17) is 16.3 Å². The molecule has 9 heteroatoms. The van der Waals surface area contributed by atoms with Crippen LogP contribution in [0.15, 0.2) is 77.7 Å². The van der Waals surface area contributed by atoms with E-state index in [1.807, 2.05) is 49.3 Å². The van der Waals surface area contributed by atoms with E-state index in [9.17, 15) is 13.2 Å². The molecule has 1 unspecified atom stereocenters. The fourth-order valence-electron chi connectivity index (χ4n) is 3.36. The number of sulfonamides is 1. The minimum atomic E-state index is -3.91. The molecule has 6 N–H and O–H groups in total. The second-order valence-corrected chi connectivity index (χ2v) is 9.08. The minimum Gasteiger partial charge on any atom is -0.398 e. The van der Waals surface area contributed by atoms with Crippen LogP contribution in [-0.2, 0) is 14.8 Å². The Bertz CT molecular complexity index is 1260. The maximum absolute atomic E-state index is 13.0. The SMILES string of the molecule is CN(C)C(C(=O)Nc1ccc(N)c(C(=N)c2cccc(S(N)(=O)=O)c2)c1)c1ccccc1. The zero-order chi connectivity index (χ0) is 23.5. The first kappa shape index (κ1) is 23.1. The van der Waals surface area contributed by atoms with Gasteiger partial charge in [-0.3, -0.25) is 15.1 Å². The summed E-state index contributed by atoms with van der Waals surface area (Å²) in [6.07, 6.45) is 0. The van der Waals surface area contributed by atoms with Gasteiger partial charge in [-0.25, -0.2) is 13.6 Å². The second-order valence-electron chi connectivity index (χ2n) is 7.52. The highest BCUT2D eigenvalue weighted by Crippen LogP contribution is 2.25. The van der Waals surface area contributed by atoms with E-state index >= 15 is 0 Å². The summed E-state index contributed by atoms with van der Waals surface area (Å²) in [4.78, 5) is 14.7. The number of nitrogen functional groups attached to an aromatic ring is 1. The molecule has 0 aromatic heterocycles. The lowest BCUT2D eigenvalue weighted by molar-refractivity contribution is -0.120. The molecule has 3 aromatic carbocycles. The predicted molar refractivity (Wildman–Crippen MR) is 126 cm³/mol. The standard InChI is InChI=1S/C23H25N5O3S/c1-28(2)22(15-7-4-3-5-8-15)23(29)27-17-11-12-20(24)19(14-17)21(25)16-9-6-10-18(13-16)32(26,30)31/h3-14,22,25H,24H2,1-2H3,(H,27,29)(H2,26,30,31). The first-order valence-electron chi connectivity index (χ1n) is 9.72. The Labute approximate surface area is 187 Å². The van der Waals surface area contributed by atoms with Crippen molar-refractivity contribution in [2.45, 2.75) is 10.9 Å². The first-order valence-corrected chi connectivity index (χ1v) is 11.3. The maximum atomic E-state index is 13.0. The summed E-state index contributed by atoms with van der Waals surface area (Å²) < 4.78 is 23.3. The smallest absolute Gasteiger partial charge is 0.246 e. The van der Waals surface area contributed by atoms with Crippen molar-refractivity contribution in [2.75, 3.05) is 25.1 Å². The van der Waals surface area contributed by atoms with Crippen molar-refractivity contribution in [1.82, 2.24) is 4.90 Å². The lowest BCUT2D eigenvalue weighted by Gasteiger charge is -2.24. The van der Waals surface area contributed by atoms with Crippen molar-refractivity contribution in [3.63, 3.8) is 0 Å². The number of hydrogen-bond donors (Lipinski definition) is 4. The molecule has 0 fully saturated rings. The molecular formula is C23H25N5O3S. The quantitative estimate of drug-likeness (QED) is 0.323. The number of anilines is 2. The molecule has 166 valence electrons. The van der Waals surface area contributed by atoms with Gasteiger partial charge in [-0.15, -0.1) is 0 Å². The molecule has 8 nitrogen and oxygen atoms in total. The molecular weight excluding hydrogens is 426 g/mol. The van der Waals surface area contributed by atoms with Gasteiger partial charge in [0, 0.05) is 22.5 Å². The topological polar surface area (TPSA) is 142 Å². The van der Waals surface area contributed by atoms with Crippen LogP contribution >= 0.6 is 0 Å². The van der Waals surface area contributed by atoms with Crippen LogP contribution in [0.5, 0.6) is 0 Å². The van der Waals surface area contributed by atoms with Crippen molar-refractivity contribution < 1.29 is 13.2 Å². The molecule has 3 rings (SSSR count). The molecule has 1 atom stereocenters. The van der Waals surface area contributed by atoms with Crippen molar-refractivity contribution in [3.05, 3.63) is 89.5 Å². The lowest BCUT2D eigenvalue weighted by Crippen LogP contribution is -2.32. The zero-order valence-corrected chi connectivity index (χ0v) is 18.6. The van der Waals surface area contributed by atoms with Crippen molar-refractivity contribution >= 4 is 33.0 Å². The molecule has 32 heavy (non-hydrogen) atoms. The van der Waals surface area contributed by atoms with Gasteiger partial charge in [-0.1, -0.05) is 42.5 Å². The van der Waals surface area contributed by atoms with Crippen molar-refractivity contribution in [3.8, 4) is 0 Å². The third kappa shape index (κ3) is 5.20. The van der Waals surface area contributed by atoms with Gasteiger partial charge >= 0.3 is 0 Å². The van der Waals surface area contributed by atoms with Crippen LogP contribution in [0.25, 0.3) is 0 Å². The Balaban J connectivity index is 1.90. The summed E-state index contributed by atoms with van der Waals surface area (Å²) in [5.41, 5.74) is 8.41. The Kier molecular flexibility index (Phi) is 6.73. The van der Waals surface area contributed by atoms with Crippen LogP contribution in [0.4, 0.5) is 11.4 Å². The third-order valence-corrected chi connectivity index (χ3v) is 5.83. The van der Waals surface area contributed by atoms with Gasteiger partial charge in [0.25, 0.3) is 0 Å². The Hall–Kier alpha value is -3.53. The summed E-state index contributed by atoms with van der Waals surface area (Å²) in [6.45, 7) is 0. The summed E-state index contributed by atoms with van der Waals surface area (Å²) >= 11 is 0. The second kappa shape index (κ2) is 9.31. The number of carbonyl (C=O) groups is 1. The number of likely N-dealkylation sites (N-methyl/N-ethyl adjacent to an activating group) is 1. The Morgan fingerprint density at radius 1 is 1.00 bits per heavy atom. The van der Waals surface area contributed by atoms with Gasteiger partial charge in [-0.2, -0.15) is 0 Å². The number of rotatable bonds is 7. The van der Waals surface area contributed by atoms with Crippen LogP contribution in [0.1, 0.15) is 22.7 Å². The van der Waals surface area contributed by atoms with E-state index in [1.54, 1.807) is 24.3 Å². The summed E-state index contributed by atoms with van der Waals surface area (Å²) in [5, 5.41) is 16.6. The molecule has 0 aliphatic rings. The molecule has 0 heterocycles. The fraction of sp³-hybridized carbons (Fsp3) is 0.130. The third-order valence-electron chi connectivity index (χ3n) is 4.92. The van der Waals surface area contributed by atoms with Crippen LogP contribution < -0.4 is 16.2 Å². The molecule has 0 spiro atoms. The number of primary sulfonamides is 1. The molecule has 1 amide bonds. The number of benzene rings is 3. The van der Waals surface area contributed by atoms with E-state index < -0.39 is 16.1 Å². The lowest BCUT2D eigenvalue weighted by atomic mass is 10.00. The largest absolute Gasteiger partial charge is 0.398 e. The number of hydrogen-bond acceptors (Lipinski definition) is 6. The summed E-state index contributed by atoms with van der Waals surface area (Å²) in [7, 11) is -0.270. The van der Waals surface area contributed by atoms with Crippen molar-refractivity contribution in [2.24, 2.45) is 5.14 Å². The van der Waals surface area contributed by atoms with Gasteiger partial charge in [0.05, 0.1) is 10.6 Å². The van der Waals surface area contributed by atoms with E-state index in [2.05, 4.69) is 5.32 Å². The average molecular weight is 452 g/mol. The van der Waals surface area contributed by atoms with Crippen LogP contribution in [0.3, 0.4) is 0 Å². The number of nitrogens with two attached hydrogens (primary N) is 2. The molecule has 0 bridgehead atoms. The van der Waals surface area contributed by atoms with Gasteiger partial charge in [-0.05, 0) is 50.0 Å². The Morgan fingerprint density at radius 2 is 1.69 bits per heavy atom. The number of nitrogens with zero attached hydrogens (tertiary/aromatic N) is 1. The van der Waals surface area contributed by atoms with Gasteiger partial charge in [0.2, 0.25) is 15.9 Å². The van der Waals surface area contributed by atoms with Crippen molar-refractivity contribution in [1.29, 1.82) is 5.41 Å². The highest BCUT2D eigenvalue weighted by molar-refractivity contribution is 7.89. The summed E-state index contributed by atoms with van der Waals surface area (Å²) in [5.74, 6) is -0.236. The average Bonchev–Trinajstić information content (AvgIpc) is 2.74. The zero-order valence-electron chi connectivity index (χ0n) is 17.7. The molecule has 0 aliphatic heterocycles. The molecule has 0 saturated carbocycles. The number of amides is 1. The van der Waals surface area contributed by atoms with E-state index in [-0.39, 0.29) is 16.5 Å². The van der Waals surface area contributed by atoms with E-state index in [0.29, 0.717) is 22.5 Å². The maximum Gasteiger partial charge on any atom is 0.246 e. The van der Waals surface area contributed by atoms with E-state index in [1.165, 1.54) is 18.2 Å². The summed E-state index contributed by atoms with van der Waals surface area (Å²) in [6, 6.07) is 19.5. The highest BCUT2D eigenvalue weighted by atomic mass is 32.2. The van der Waals surface area contributed by atoms with Crippen LogP contribution in [0, 0.1) is 5.41 Å².